The molecule has 0 spiro atoms. The van der Waals surface area contributed by atoms with Crippen molar-refractivity contribution in [2.45, 2.75) is 7.43 Å². The Kier molecular flexibility index (Phi) is 14.3. The lowest BCUT2D eigenvalue weighted by atomic mass is 9.81. The summed E-state index contributed by atoms with van der Waals surface area (Å²) in [6.07, 6.45) is 3.70. The van der Waals surface area contributed by atoms with Gasteiger partial charge in [0.05, 0.1) is 5.69 Å². The van der Waals surface area contributed by atoms with E-state index in [0.29, 0.717) is 5.46 Å². The number of aromatic nitrogens is 2. The van der Waals surface area contributed by atoms with Crippen molar-refractivity contribution >= 4 is 67.0 Å². The summed E-state index contributed by atoms with van der Waals surface area (Å²) in [5, 5.41) is 17.4. The molecule has 0 aliphatic rings. The molecule has 0 radical (unpaired) electrons. The third-order valence-electron chi connectivity index (χ3n) is 5.97. The molecule has 0 bridgehead atoms. The minimum Gasteiger partial charge on any atom is -0.423 e. The lowest BCUT2D eigenvalue weighted by molar-refractivity contribution is 0.426. The van der Waals surface area contributed by atoms with Crippen LogP contribution in [0.4, 0.5) is 0 Å². The van der Waals surface area contributed by atoms with Crippen LogP contribution in [0.1, 0.15) is 7.43 Å². The van der Waals surface area contributed by atoms with Gasteiger partial charge < -0.3 is 10.0 Å². The second kappa shape index (κ2) is 17.8. The van der Waals surface area contributed by atoms with Crippen LogP contribution in [-0.2, 0) is 0 Å². The van der Waals surface area contributed by atoms with Crippen LogP contribution in [0.2, 0.25) is 0 Å². The first kappa shape index (κ1) is 34.3. The highest BCUT2D eigenvalue weighted by Gasteiger charge is 2.09. The zero-order valence-corrected chi connectivity index (χ0v) is 27.7. The van der Waals surface area contributed by atoms with E-state index >= 15 is 0 Å². The highest BCUT2D eigenvalue weighted by molar-refractivity contribution is 14.1. The van der Waals surface area contributed by atoms with Gasteiger partial charge in [0.15, 0.2) is 0 Å². The standard InChI is InChI=1S/C17H12BrN.C11H8IN.C6H6BBrO2.CH4/c18-16-8-4-7-15(11-16)17-12-14(9-10-19-17)13-5-2-1-3-6-13;12-11-8-10(6-7-13-11)9-4-2-1-3-5-9;8-6-3-1-2-5(4-6)7(9)10;/h1-12H;1-8H;1-4,9-10H;1H4. The summed E-state index contributed by atoms with van der Waals surface area (Å²) in [6, 6.07) is 44.0. The molecule has 0 saturated carbocycles. The Morgan fingerprint density at radius 3 is 1.53 bits per heavy atom. The molecule has 6 aromatic rings. The van der Waals surface area contributed by atoms with Crippen molar-refractivity contribution in [3.63, 3.8) is 0 Å². The van der Waals surface area contributed by atoms with E-state index in [1.165, 1.54) is 22.3 Å². The number of rotatable bonds is 4. The Morgan fingerprint density at radius 2 is 1.02 bits per heavy atom. The van der Waals surface area contributed by atoms with E-state index < -0.39 is 7.12 Å². The van der Waals surface area contributed by atoms with E-state index in [0.717, 1.165) is 23.9 Å². The number of benzene rings is 4. The Balaban J connectivity index is 0.000000185. The van der Waals surface area contributed by atoms with Gasteiger partial charge in [0.25, 0.3) is 0 Å². The number of hydrogen-bond acceptors (Lipinski definition) is 4. The van der Waals surface area contributed by atoms with E-state index in [2.05, 4.69) is 125 Å². The summed E-state index contributed by atoms with van der Waals surface area (Å²) in [5.74, 6) is 0. The average Bonchev–Trinajstić information content (AvgIpc) is 3.03. The third-order valence-corrected chi connectivity index (χ3v) is 7.54. The number of hydrogen-bond donors (Lipinski definition) is 2. The van der Waals surface area contributed by atoms with Crippen molar-refractivity contribution in [1.29, 1.82) is 0 Å². The van der Waals surface area contributed by atoms with Crippen molar-refractivity contribution in [1.82, 2.24) is 9.97 Å². The van der Waals surface area contributed by atoms with E-state index in [1.807, 2.05) is 67.0 Å². The molecule has 0 aliphatic carbocycles. The first-order chi connectivity index (χ1) is 20.4. The molecule has 0 saturated heterocycles. The predicted octanol–water partition coefficient (Wildman–Crippen LogP) is 9.30. The van der Waals surface area contributed by atoms with Crippen molar-refractivity contribution in [2.24, 2.45) is 0 Å². The minimum atomic E-state index is -1.38. The van der Waals surface area contributed by atoms with Crippen LogP contribution < -0.4 is 5.46 Å². The van der Waals surface area contributed by atoms with E-state index in [1.54, 1.807) is 18.2 Å². The highest BCUT2D eigenvalue weighted by Crippen LogP contribution is 2.26. The zero-order chi connectivity index (χ0) is 29.7. The van der Waals surface area contributed by atoms with Crippen LogP contribution in [0.3, 0.4) is 0 Å². The minimum absolute atomic E-state index is 0. The molecular formula is C35H30BBr2IN2O2. The maximum absolute atomic E-state index is 8.68. The summed E-state index contributed by atoms with van der Waals surface area (Å²) in [4.78, 5) is 8.61. The lowest BCUT2D eigenvalue weighted by Gasteiger charge is -2.05. The average molecular weight is 808 g/mol. The summed E-state index contributed by atoms with van der Waals surface area (Å²) >= 11 is 8.92. The Morgan fingerprint density at radius 1 is 0.512 bits per heavy atom. The topological polar surface area (TPSA) is 66.2 Å². The monoisotopic (exact) mass is 806 g/mol. The van der Waals surface area contributed by atoms with Gasteiger partial charge in [-0.25, -0.2) is 0 Å². The summed E-state index contributed by atoms with van der Waals surface area (Å²) in [6.45, 7) is 0. The molecule has 6 rings (SSSR count). The second-order valence-electron chi connectivity index (χ2n) is 8.97. The number of nitrogens with zero attached hydrogens (tertiary/aromatic N) is 2. The Bertz CT molecular complexity index is 1710. The van der Waals surface area contributed by atoms with E-state index in [-0.39, 0.29) is 7.43 Å². The van der Waals surface area contributed by atoms with Gasteiger partial charge in [-0.3, -0.25) is 9.97 Å². The fourth-order valence-corrected chi connectivity index (χ4v) is 5.24. The molecule has 2 aromatic heterocycles. The van der Waals surface area contributed by atoms with Crippen LogP contribution in [0.5, 0.6) is 0 Å². The SMILES string of the molecule is Brc1cccc(-c2cc(-c3ccccc3)ccn2)c1.C.Ic1cc(-c2ccccc2)ccn1.OB(O)c1cccc(Br)c1. The summed E-state index contributed by atoms with van der Waals surface area (Å²) in [5.41, 5.74) is 7.46. The maximum Gasteiger partial charge on any atom is 0.488 e. The van der Waals surface area contributed by atoms with Crippen LogP contribution >= 0.6 is 54.5 Å². The molecule has 4 aromatic carbocycles. The maximum atomic E-state index is 8.68. The van der Waals surface area contributed by atoms with Gasteiger partial charge in [0, 0.05) is 26.9 Å². The quantitative estimate of drug-likeness (QED) is 0.106. The van der Waals surface area contributed by atoms with E-state index in [4.69, 9.17) is 10.0 Å². The first-order valence-electron chi connectivity index (χ1n) is 12.9. The highest BCUT2D eigenvalue weighted by atomic mass is 127. The summed E-state index contributed by atoms with van der Waals surface area (Å²) in [7, 11) is -1.38. The van der Waals surface area contributed by atoms with Crippen molar-refractivity contribution < 1.29 is 10.0 Å². The van der Waals surface area contributed by atoms with Gasteiger partial charge in [-0.05, 0) is 98.8 Å². The molecule has 0 atom stereocenters. The summed E-state index contributed by atoms with van der Waals surface area (Å²) < 4.78 is 2.94. The predicted molar refractivity (Wildman–Crippen MR) is 196 cm³/mol. The van der Waals surface area contributed by atoms with Crippen molar-refractivity contribution in [2.75, 3.05) is 0 Å². The van der Waals surface area contributed by atoms with Crippen LogP contribution in [0.25, 0.3) is 33.5 Å². The smallest absolute Gasteiger partial charge is 0.423 e. The first-order valence-corrected chi connectivity index (χ1v) is 15.6. The second-order valence-corrected chi connectivity index (χ2v) is 11.9. The Labute approximate surface area is 284 Å². The fourth-order valence-electron chi connectivity index (χ4n) is 3.93. The van der Waals surface area contributed by atoms with Gasteiger partial charge >= 0.3 is 7.12 Å². The van der Waals surface area contributed by atoms with Crippen molar-refractivity contribution in [3.05, 3.63) is 158 Å². The molecule has 4 nitrogen and oxygen atoms in total. The lowest BCUT2D eigenvalue weighted by Crippen LogP contribution is -2.29. The van der Waals surface area contributed by atoms with Gasteiger partial charge in [-0.15, -0.1) is 0 Å². The number of halogens is 3. The van der Waals surface area contributed by atoms with Gasteiger partial charge in [0.1, 0.15) is 3.70 Å². The molecule has 0 aliphatic heterocycles. The molecule has 216 valence electrons. The molecule has 2 N–H and O–H groups in total. The van der Waals surface area contributed by atoms with E-state index in [9.17, 15) is 0 Å². The molecule has 0 fully saturated rings. The van der Waals surface area contributed by atoms with Gasteiger partial charge in [-0.2, -0.15) is 0 Å². The molecule has 0 amide bonds. The Hall–Kier alpha value is -3.15. The molecule has 0 unspecified atom stereocenters. The molecular weight excluding hydrogens is 778 g/mol. The molecule has 8 heteroatoms. The number of pyridine rings is 2. The van der Waals surface area contributed by atoms with Gasteiger partial charge in [0.2, 0.25) is 0 Å². The molecule has 2 heterocycles. The van der Waals surface area contributed by atoms with Crippen LogP contribution in [-0.4, -0.2) is 27.1 Å². The van der Waals surface area contributed by atoms with Gasteiger partial charge in [-0.1, -0.05) is 124 Å². The third kappa shape index (κ3) is 11.1. The van der Waals surface area contributed by atoms with Crippen molar-refractivity contribution in [3.8, 4) is 33.5 Å². The van der Waals surface area contributed by atoms with Crippen LogP contribution in [0, 0.1) is 3.70 Å². The van der Waals surface area contributed by atoms with Crippen LogP contribution in [0.15, 0.2) is 155 Å². The largest absolute Gasteiger partial charge is 0.488 e. The normalized spacial score (nSPS) is 9.79. The fraction of sp³-hybridized carbons (Fsp3) is 0.0286. The zero-order valence-electron chi connectivity index (χ0n) is 22.4. The molecule has 43 heavy (non-hydrogen) atoms.